The summed E-state index contributed by atoms with van der Waals surface area (Å²) in [6.45, 7) is 7.45. The number of nitrogens with one attached hydrogen (secondary N) is 1. The maximum Gasteiger partial charge on any atom is 0.255 e. The number of aryl methyl sites for hydroxylation is 1. The molecule has 0 spiro atoms. The molecule has 4 heteroatoms. The molecule has 1 fully saturated rings. The van der Waals surface area contributed by atoms with Gasteiger partial charge in [0, 0.05) is 44.0 Å². The van der Waals surface area contributed by atoms with Gasteiger partial charge in [-0.2, -0.15) is 0 Å². The van der Waals surface area contributed by atoms with Gasteiger partial charge < -0.3 is 10.2 Å². The van der Waals surface area contributed by atoms with Crippen molar-refractivity contribution < 1.29 is 4.79 Å². The number of anilines is 1. The number of likely N-dealkylation sites (N-methyl/N-ethyl adjacent to an activating group) is 1. The quantitative estimate of drug-likeness (QED) is 0.939. The van der Waals surface area contributed by atoms with E-state index in [1.807, 2.05) is 43.3 Å². The summed E-state index contributed by atoms with van der Waals surface area (Å²) in [5.74, 6) is -0.0643. The predicted molar refractivity (Wildman–Crippen MR) is 98.3 cm³/mol. The lowest BCUT2D eigenvalue weighted by Gasteiger charge is -2.32. The van der Waals surface area contributed by atoms with E-state index in [0.29, 0.717) is 5.56 Å². The van der Waals surface area contributed by atoms with Crippen LogP contribution in [-0.2, 0) is 6.54 Å². The number of hydrogen-bond acceptors (Lipinski definition) is 3. The van der Waals surface area contributed by atoms with Crippen LogP contribution in [0.5, 0.6) is 0 Å². The van der Waals surface area contributed by atoms with Gasteiger partial charge in [-0.3, -0.25) is 9.69 Å². The molecule has 1 aliphatic rings. The van der Waals surface area contributed by atoms with E-state index in [-0.39, 0.29) is 5.91 Å². The van der Waals surface area contributed by atoms with Crippen molar-refractivity contribution in [3.63, 3.8) is 0 Å². The molecule has 0 unspecified atom stereocenters. The Hall–Kier alpha value is -2.17. The lowest BCUT2D eigenvalue weighted by atomic mass is 10.1. The maximum atomic E-state index is 12.3. The third kappa shape index (κ3) is 4.43. The first kappa shape index (κ1) is 16.7. The molecular weight excluding hydrogens is 298 g/mol. The maximum absolute atomic E-state index is 12.3. The van der Waals surface area contributed by atoms with Crippen molar-refractivity contribution in [1.82, 2.24) is 9.80 Å². The normalized spacial score (nSPS) is 16.1. The van der Waals surface area contributed by atoms with Crippen LogP contribution in [0.15, 0.2) is 48.5 Å². The van der Waals surface area contributed by atoms with Crippen LogP contribution in [0.2, 0.25) is 0 Å². The Kier molecular flexibility index (Phi) is 5.28. The number of rotatable bonds is 4. The smallest absolute Gasteiger partial charge is 0.255 e. The van der Waals surface area contributed by atoms with Gasteiger partial charge >= 0.3 is 0 Å². The van der Waals surface area contributed by atoms with Crippen molar-refractivity contribution in [2.75, 3.05) is 38.5 Å². The first-order chi connectivity index (χ1) is 11.6. The van der Waals surface area contributed by atoms with Gasteiger partial charge in [0.2, 0.25) is 0 Å². The molecule has 2 aromatic carbocycles. The van der Waals surface area contributed by atoms with Gasteiger partial charge in [-0.25, -0.2) is 0 Å². The van der Waals surface area contributed by atoms with E-state index in [4.69, 9.17) is 0 Å². The zero-order chi connectivity index (χ0) is 16.9. The Morgan fingerprint density at radius 1 is 1.04 bits per heavy atom. The van der Waals surface area contributed by atoms with Crippen LogP contribution in [0.4, 0.5) is 5.69 Å². The largest absolute Gasteiger partial charge is 0.322 e. The molecule has 3 rings (SSSR count). The highest BCUT2D eigenvalue weighted by atomic mass is 16.1. The number of carbonyl (C=O) groups is 1. The molecule has 1 aliphatic heterocycles. The second-order valence-corrected chi connectivity index (χ2v) is 6.60. The lowest BCUT2D eigenvalue weighted by molar-refractivity contribution is 0.102. The predicted octanol–water partition coefficient (Wildman–Crippen LogP) is 2.99. The van der Waals surface area contributed by atoms with Crippen LogP contribution in [0.3, 0.4) is 0 Å². The van der Waals surface area contributed by atoms with Gasteiger partial charge in [-0.05, 0) is 43.8 Å². The zero-order valence-electron chi connectivity index (χ0n) is 14.5. The second-order valence-electron chi connectivity index (χ2n) is 6.60. The van der Waals surface area contributed by atoms with E-state index in [9.17, 15) is 4.79 Å². The summed E-state index contributed by atoms with van der Waals surface area (Å²) < 4.78 is 0. The first-order valence-corrected chi connectivity index (χ1v) is 8.48. The third-order valence-corrected chi connectivity index (χ3v) is 4.49. The Bertz CT molecular complexity index is 688. The van der Waals surface area contributed by atoms with E-state index < -0.39 is 0 Å². The standard InChI is InChI=1S/C20H25N3O/c1-16-4-3-5-18(14-16)20(24)21-19-8-6-17(7-9-19)15-23-12-10-22(2)11-13-23/h3-9,14H,10-13,15H2,1-2H3,(H,21,24). The Balaban J connectivity index is 1.57. The molecule has 1 heterocycles. The van der Waals surface area contributed by atoms with Crippen LogP contribution >= 0.6 is 0 Å². The second kappa shape index (κ2) is 7.60. The summed E-state index contributed by atoms with van der Waals surface area (Å²) >= 11 is 0. The van der Waals surface area contributed by atoms with Gasteiger partial charge in [-0.1, -0.05) is 29.8 Å². The average Bonchev–Trinajstić information content (AvgIpc) is 2.59. The highest BCUT2D eigenvalue weighted by molar-refractivity contribution is 6.04. The molecule has 0 aromatic heterocycles. The molecule has 4 nitrogen and oxygen atoms in total. The first-order valence-electron chi connectivity index (χ1n) is 8.48. The number of hydrogen-bond donors (Lipinski definition) is 1. The summed E-state index contributed by atoms with van der Waals surface area (Å²) in [4.78, 5) is 17.1. The van der Waals surface area contributed by atoms with Crippen LogP contribution in [0.1, 0.15) is 21.5 Å². The number of piperazine rings is 1. The van der Waals surface area contributed by atoms with Crippen molar-refractivity contribution in [3.05, 3.63) is 65.2 Å². The minimum atomic E-state index is -0.0643. The molecule has 0 radical (unpaired) electrons. The van der Waals surface area contributed by atoms with Crippen molar-refractivity contribution in [2.24, 2.45) is 0 Å². The van der Waals surface area contributed by atoms with E-state index in [2.05, 4.69) is 34.3 Å². The molecule has 24 heavy (non-hydrogen) atoms. The van der Waals surface area contributed by atoms with Gasteiger partial charge in [0.25, 0.3) is 5.91 Å². The van der Waals surface area contributed by atoms with Gasteiger partial charge in [0.05, 0.1) is 0 Å². The molecule has 0 bridgehead atoms. The van der Waals surface area contributed by atoms with Crippen molar-refractivity contribution >= 4 is 11.6 Å². The fourth-order valence-corrected chi connectivity index (χ4v) is 2.95. The number of nitrogens with zero attached hydrogens (tertiary/aromatic N) is 2. The third-order valence-electron chi connectivity index (χ3n) is 4.49. The number of benzene rings is 2. The van der Waals surface area contributed by atoms with Crippen LogP contribution in [0, 0.1) is 6.92 Å². The average molecular weight is 323 g/mol. The number of carbonyl (C=O) groups excluding carboxylic acids is 1. The van der Waals surface area contributed by atoms with Gasteiger partial charge in [-0.15, -0.1) is 0 Å². The van der Waals surface area contributed by atoms with E-state index in [1.54, 1.807) is 0 Å². The fraction of sp³-hybridized carbons (Fsp3) is 0.350. The van der Waals surface area contributed by atoms with E-state index in [1.165, 1.54) is 5.56 Å². The molecule has 0 atom stereocenters. The Morgan fingerprint density at radius 3 is 2.42 bits per heavy atom. The molecule has 1 amide bonds. The SMILES string of the molecule is Cc1cccc(C(=O)Nc2ccc(CN3CCN(C)CC3)cc2)c1. The van der Waals surface area contributed by atoms with Gasteiger partial charge in [0.15, 0.2) is 0 Å². The van der Waals surface area contributed by atoms with E-state index >= 15 is 0 Å². The van der Waals surface area contributed by atoms with Gasteiger partial charge in [0.1, 0.15) is 0 Å². The summed E-state index contributed by atoms with van der Waals surface area (Å²) in [7, 11) is 2.17. The van der Waals surface area contributed by atoms with Crippen LogP contribution in [-0.4, -0.2) is 48.9 Å². The Labute approximate surface area is 144 Å². The van der Waals surface area contributed by atoms with E-state index in [0.717, 1.165) is 44.0 Å². The monoisotopic (exact) mass is 323 g/mol. The van der Waals surface area contributed by atoms with Crippen LogP contribution in [0.25, 0.3) is 0 Å². The molecule has 0 aliphatic carbocycles. The molecule has 1 saturated heterocycles. The molecule has 126 valence electrons. The topological polar surface area (TPSA) is 35.6 Å². The summed E-state index contributed by atoms with van der Waals surface area (Å²) in [6, 6.07) is 15.8. The summed E-state index contributed by atoms with van der Waals surface area (Å²) in [6.07, 6.45) is 0. The molecule has 0 saturated carbocycles. The van der Waals surface area contributed by atoms with Crippen LogP contribution < -0.4 is 5.32 Å². The minimum absolute atomic E-state index is 0.0643. The van der Waals surface area contributed by atoms with Crippen molar-refractivity contribution in [3.8, 4) is 0 Å². The highest BCUT2D eigenvalue weighted by Gasteiger charge is 2.13. The molecule has 2 aromatic rings. The summed E-state index contributed by atoms with van der Waals surface area (Å²) in [5.41, 5.74) is 3.90. The summed E-state index contributed by atoms with van der Waals surface area (Å²) in [5, 5.41) is 2.96. The lowest BCUT2D eigenvalue weighted by Crippen LogP contribution is -2.43. The highest BCUT2D eigenvalue weighted by Crippen LogP contribution is 2.14. The zero-order valence-corrected chi connectivity index (χ0v) is 14.5. The molecular formula is C20H25N3O. The van der Waals surface area contributed by atoms with Crippen molar-refractivity contribution in [2.45, 2.75) is 13.5 Å². The fourth-order valence-electron chi connectivity index (χ4n) is 2.95. The number of amides is 1. The van der Waals surface area contributed by atoms with Crippen molar-refractivity contribution in [1.29, 1.82) is 0 Å². The Morgan fingerprint density at radius 2 is 1.75 bits per heavy atom. The molecule has 1 N–H and O–H groups in total. The minimum Gasteiger partial charge on any atom is -0.322 e.